The van der Waals surface area contributed by atoms with E-state index in [9.17, 15) is 22.8 Å². The lowest BCUT2D eigenvalue weighted by Gasteiger charge is -2.11. The number of ketones is 1. The summed E-state index contributed by atoms with van der Waals surface area (Å²) in [6.45, 7) is -1.24. The van der Waals surface area contributed by atoms with Gasteiger partial charge in [0.1, 0.15) is 6.54 Å². The molecule has 0 saturated carbocycles. The van der Waals surface area contributed by atoms with E-state index in [1.54, 1.807) is 24.3 Å². The van der Waals surface area contributed by atoms with E-state index >= 15 is 0 Å². The minimum atomic E-state index is -4.72. The number of imidazole rings is 1. The number of para-hydroxylation sites is 2. The lowest BCUT2D eigenvalue weighted by molar-refractivity contribution is -0.150. The zero-order valence-corrected chi connectivity index (χ0v) is 15.3. The normalized spacial score (nSPS) is 11.7. The zero-order valence-electron chi connectivity index (χ0n) is 12.9. The predicted molar refractivity (Wildman–Crippen MR) is 92.0 cm³/mol. The molecule has 3 aromatic rings. The molecule has 0 aliphatic rings. The fraction of sp³-hybridized carbons (Fsp3) is 0.188. The van der Waals surface area contributed by atoms with Crippen molar-refractivity contribution in [2.45, 2.75) is 12.7 Å². The Labute approximate surface area is 157 Å². The lowest BCUT2D eigenvalue weighted by Crippen LogP contribution is -2.22. The summed E-state index contributed by atoms with van der Waals surface area (Å²) in [7, 11) is 0. The molecule has 5 nitrogen and oxygen atoms in total. The summed E-state index contributed by atoms with van der Waals surface area (Å²) in [5.41, 5.74) is 0.275. The number of fused-ring (bicyclic) bond motifs is 1. The Morgan fingerprint density at radius 1 is 1.19 bits per heavy atom. The maximum atomic E-state index is 13.2. The van der Waals surface area contributed by atoms with Gasteiger partial charge in [-0.15, -0.1) is 11.3 Å². The molecule has 0 N–H and O–H groups in total. The van der Waals surface area contributed by atoms with Gasteiger partial charge >= 0.3 is 12.1 Å². The van der Waals surface area contributed by atoms with Gasteiger partial charge in [-0.05, 0) is 40.2 Å². The number of thiophene rings is 1. The third kappa shape index (κ3) is 3.96. The highest BCUT2D eigenvalue weighted by Gasteiger charge is 2.38. The summed E-state index contributed by atoms with van der Waals surface area (Å²) in [5, 5.41) is 0. The van der Waals surface area contributed by atoms with Crippen molar-refractivity contribution in [3.8, 4) is 0 Å². The molecule has 0 unspecified atom stereocenters. The van der Waals surface area contributed by atoms with Crippen molar-refractivity contribution in [3.63, 3.8) is 0 Å². The van der Waals surface area contributed by atoms with Gasteiger partial charge in [0.25, 0.3) is 0 Å². The van der Waals surface area contributed by atoms with Crippen LogP contribution in [-0.2, 0) is 22.3 Å². The molecule has 136 valence electrons. The topological polar surface area (TPSA) is 61.2 Å². The van der Waals surface area contributed by atoms with Crippen LogP contribution in [0.5, 0.6) is 0 Å². The van der Waals surface area contributed by atoms with Gasteiger partial charge < -0.3 is 9.30 Å². The van der Waals surface area contributed by atoms with Crippen LogP contribution in [0.25, 0.3) is 11.0 Å². The number of carbonyl (C=O) groups excluding carboxylic acids is 2. The smallest absolute Gasteiger partial charge is 0.449 e. The first-order valence-corrected chi connectivity index (χ1v) is 8.83. The Morgan fingerprint density at radius 2 is 1.92 bits per heavy atom. The monoisotopic (exact) mass is 446 g/mol. The molecular formula is C16H10BrF3N2O3S. The van der Waals surface area contributed by atoms with Crippen LogP contribution in [0.15, 0.2) is 40.2 Å². The van der Waals surface area contributed by atoms with E-state index < -0.39 is 36.9 Å². The van der Waals surface area contributed by atoms with Crippen molar-refractivity contribution in [1.29, 1.82) is 0 Å². The van der Waals surface area contributed by atoms with Crippen molar-refractivity contribution in [1.82, 2.24) is 9.55 Å². The van der Waals surface area contributed by atoms with Crippen molar-refractivity contribution >= 4 is 50.1 Å². The van der Waals surface area contributed by atoms with Crippen molar-refractivity contribution in [3.05, 3.63) is 50.9 Å². The summed E-state index contributed by atoms with van der Waals surface area (Å²) >= 11 is 4.38. The summed E-state index contributed by atoms with van der Waals surface area (Å²) in [6.07, 6.45) is -4.72. The van der Waals surface area contributed by atoms with Crippen LogP contribution in [0.3, 0.4) is 0 Å². The van der Waals surface area contributed by atoms with E-state index in [2.05, 4.69) is 20.9 Å². The van der Waals surface area contributed by atoms with Gasteiger partial charge in [0.2, 0.25) is 11.6 Å². The molecule has 0 aliphatic carbocycles. The number of alkyl halides is 3. The number of hydrogen-bond donors (Lipinski definition) is 0. The third-order valence-corrected chi connectivity index (χ3v) is 5.07. The van der Waals surface area contributed by atoms with Crippen LogP contribution in [0, 0.1) is 0 Å². The largest absolute Gasteiger partial charge is 0.456 e. The van der Waals surface area contributed by atoms with Crippen LogP contribution in [0.4, 0.5) is 13.2 Å². The number of halogens is 4. The fourth-order valence-corrected chi connectivity index (χ4v) is 3.62. The van der Waals surface area contributed by atoms with E-state index in [0.717, 1.165) is 8.35 Å². The maximum absolute atomic E-state index is 13.2. The van der Waals surface area contributed by atoms with Crippen LogP contribution in [-0.4, -0.2) is 27.9 Å². The average molecular weight is 447 g/mol. The minimum Gasteiger partial charge on any atom is -0.456 e. The first-order valence-electron chi connectivity index (χ1n) is 7.22. The highest BCUT2D eigenvalue weighted by molar-refractivity contribution is 9.11. The number of esters is 1. The van der Waals surface area contributed by atoms with Crippen molar-refractivity contribution < 1.29 is 27.5 Å². The van der Waals surface area contributed by atoms with Gasteiger partial charge in [-0.3, -0.25) is 9.59 Å². The Kier molecular flexibility index (Phi) is 5.15. The minimum absolute atomic E-state index is 0.118. The molecule has 0 saturated heterocycles. The maximum Gasteiger partial charge on any atom is 0.449 e. The molecule has 0 bridgehead atoms. The summed E-state index contributed by atoms with van der Waals surface area (Å²) in [4.78, 5) is 27.8. The molecule has 0 aliphatic heterocycles. The number of benzene rings is 1. The Hall–Kier alpha value is -2.20. The average Bonchev–Trinajstić information content (AvgIpc) is 3.17. The molecule has 10 heteroatoms. The number of rotatable bonds is 5. The second kappa shape index (κ2) is 7.20. The number of aromatic nitrogens is 2. The molecule has 0 amide bonds. The molecule has 0 spiro atoms. The molecular weight excluding hydrogens is 437 g/mol. The third-order valence-electron chi connectivity index (χ3n) is 3.41. The standard InChI is InChI=1S/C16H10BrF3N2O3S/c17-13-6-5-12(26-13)11(23)8-25-14(24)7-22-10-4-2-1-3-9(10)21-15(22)16(18,19)20/h1-6H,7-8H2. The van der Waals surface area contributed by atoms with Crippen LogP contribution < -0.4 is 0 Å². The first-order chi connectivity index (χ1) is 12.3. The van der Waals surface area contributed by atoms with E-state index in [-0.39, 0.29) is 11.0 Å². The second-order valence-electron chi connectivity index (χ2n) is 5.20. The van der Waals surface area contributed by atoms with Gasteiger partial charge in [-0.1, -0.05) is 12.1 Å². The van der Waals surface area contributed by atoms with Gasteiger partial charge in [-0.25, -0.2) is 4.98 Å². The number of carbonyl (C=O) groups is 2. The van der Waals surface area contributed by atoms with Gasteiger partial charge in [-0.2, -0.15) is 13.2 Å². The van der Waals surface area contributed by atoms with E-state index in [0.29, 0.717) is 4.88 Å². The van der Waals surface area contributed by atoms with Gasteiger partial charge in [0.15, 0.2) is 6.61 Å². The van der Waals surface area contributed by atoms with Crippen molar-refractivity contribution in [2.24, 2.45) is 0 Å². The lowest BCUT2D eigenvalue weighted by atomic mass is 10.3. The number of hydrogen-bond acceptors (Lipinski definition) is 5. The quantitative estimate of drug-likeness (QED) is 0.432. The molecule has 2 aromatic heterocycles. The molecule has 0 radical (unpaired) electrons. The molecule has 0 atom stereocenters. The van der Waals surface area contributed by atoms with E-state index in [4.69, 9.17) is 4.74 Å². The van der Waals surface area contributed by atoms with Gasteiger partial charge in [0, 0.05) is 0 Å². The van der Waals surface area contributed by atoms with Gasteiger partial charge in [0.05, 0.1) is 19.7 Å². The van der Waals surface area contributed by atoms with Crippen LogP contribution >= 0.6 is 27.3 Å². The summed E-state index contributed by atoms with van der Waals surface area (Å²) < 4.78 is 45.9. The van der Waals surface area contributed by atoms with E-state index in [1.807, 2.05) is 0 Å². The summed E-state index contributed by atoms with van der Waals surface area (Å²) in [5.74, 6) is -2.58. The molecule has 3 rings (SSSR count). The molecule has 1 aromatic carbocycles. The Balaban J connectivity index is 1.76. The number of nitrogens with zero attached hydrogens (tertiary/aromatic N) is 2. The van der Waals surface area contributed by atoms with Crippen LogP contribution in [0.1, 0.15) is 15.5 Å². The van der Waals surface area contributed by atoms with Crippen molar-refractivity contribution in [2.75, 3.05) is 6.61 Å². The predicted octanol–water partition coefficient (Wildman–Crippen LogP) is 4.31. The Bertz CT molecular complexity index is 981. The SMILES string of the molecule is O=C(Cn1c(C(F)(F)F)nc2ccccc21)OCC(=O)c1ccc(Br)s1. The molecule has 26 heavy (non-hydrogen) atoms. The highest BCUT2D eigenvalue weighted by Crippen LogP contribution is 2.31. The Morgan fingerprint density at radius 3 is 2.58 bits per heavy atom. The highest BCUT2D eigenvalue weighted by atomic mass is 79.9. The zero-order chi connectivity index (χ0) is 18.9. The molecule has 0 fully saturated rings. The summed E-state index contributed by atoms with van der Waals surface area (Å²) in [6, 6.07) is 9.19. The number of Topliss-reactive ketones (excluding diaryl/α,β-unsaturated/α-hetero) is 1. The first kappa shape index (κ1) is 18.6. The second-order valence-corrected chi connectivity index (χ2v) is 7.66. The number of ether oxygens (including phenoxy) is 1. The fourth-order valence-electron chi connectivity index (χ4n) is 2.31. The van der Waals surface area contributed by atoms with E-state index in [1.165, 1.54) is 23.5 Å². The van der Waals surface area contributed by atoms with Crippen LogP contribution in [0.2, 0.25) is 0 Å². The molecule has 2 heterocycles.